The molecule has 1 amide bonds. The molecule has 1 fully saturated rings. The van der Waals surface area contributed by atoms with Crippen LogP contribution < -0.4 is 0 Å². The van der Waals surface area contributed by atoms with E-state index in [2.05, 4.69) is 0 Å². The van der Waals surface area contributed by atoms with E-state index in [0.717, 1.165) is 0 Å². The third kappa shape index (κ3) is 2.06. The maximum atomic E-state index is 11.3. The number of hydrogen-bond donors (Lipinski definition) is 0. The van der Waals surface area contributed by atoms with E-state index in [0.29, 0.717) is 13.0 Å². The van der Waals surface area contributed by atoms with Crippen molar-refractivity contribution < 1.29 is 9.59 Å². The second-order valence-corrected chi connectivity index (χ2v) is 4.29. The number of hydrogen-bond acceptors (Lipinski definition) is 2. The van der Waals surface area contributed by atoms with Crippen molar-refractivity contribution in [3.05, 3.63) is 0 Å². The molecular weight excluding hydrogens is 154 g/mol. The summed E-state index contributed by atoms with van der Waals surface area (Å²) in [7, 11) is 0. The molecule has 0 aliphatic carbocycles. The summed E-state index contributed by atoms with van der Waals surface area (Å²) < 4.78 is 0. The zero-order chi connectivity index (χ0) is 9.35. The van der Waals surface area contributed by atoms with Crippen molar-refractivity contribution >= 4 is 11.7 Å². The lowest BCUT2D eigenvalue weighted by Gasteiger charge is -2.17. The summed E-state index contributed by atoms with van der Waals surface area (Å²) in [5.74, 6) is 0.163. The molecule has 0 aromatic rings. The van der Waals surface area contributed by atoms with Gasteiger partial charge in [-0.15, -0.1) is 0 Å². The number of ketones is 1. The summed E-state index contributed by atoms with van der Waals surface area (Å²) in [5.41, 5.74) is 0.0481. The van der Waals surface area contributed by atoms with E-state index < -0.39 is 0 Å². The van der Waals surface area contributed by atoms with Crippen LogP contribution in [0.15, 0.2) is 0 Å². The first-order valence-electron chi connectivity index (χ1n) is 4.18. The van der Waals surface area contributed by atoms with Gasteiger partial charge < -0.3 is 4.90 Å². The number of carbonyl (C=O) groups excluding carboxylic acids is 2. The predicted octanol–water partition coefficient (Wildman–Crippen LogP) is 0.834. The van der Waals surface area contributed by atoms with Crippen molar-refractivity contribution in [2.75, 3.05) is 13.1 Å². The number of amides is 1. The standard InChI is InChI=1S/C9H15NO2/c1-7(11)5-10-6-9(2,3)4-8(10)12/h4-6H2,1-3H3. The second kappa shape index (κ2) is 2.88. The number of nitrogens with zero attached hydrogens (tertiary/aromatic N) is 1. The van der Waals surface area contributed by atoms with E-state index in [-0.39, 0.29) is 23.7 Å². The number of carbonyl (C=O) groups is 2. The summed E-state index contributed by atoms with van der Waals surface area (Å²) in [6, 6.07) is 0. The maximum absolute atomic E-state index is 11.3. The fourth-order valence-corrected chi connectivity index (χ4v) is 1.59. The molecule has 0 radical (unpaired) electrons. The first-order chi connectivity index (χ1) is 5.41. The quantitative estimate of drug-likeness (QED) is 0.614. The zero-order valence-electron chi connectivity index (χ0n) is 7.89. The molecule has 1 rings (SSSR count). The molecule has 3 heteroatoms. The van der Waals surface area contributed by atoms with E-state index in [1.165, 1.54) is 6.92 Å². The van der Waals surface area contributed by atoms with Crippen LogP contribution in [0.5, 0.6) is 0 Å². The van der Waals surface area contributed by atoms with Crippen LogP contribution >= 0.6 is 0 Å². The van der Waals surface area contributed by atoms with Gasteiger partial charge >= 0.3 is 0 Å². The van der Waals surface area contributed by atoms with Crippen LogP contribution in [0, 0.1) is 5.41 Å². The van der Waals surface area contributed by atoms with Gasteiger partial charge in [0.25, 0.3) is 0 Å². The molecule has 68 valence electrons. The van der Waals surface area contributed by atoms with Gasteiger partial charge in [0.05, 0.1) is 6.54 Å². The van der Waals surface area contributed by atoms with Gasteiger partial charge in [-0.25, -0.2) is 0 Å². The molecule has 0 aromatic carbocycles. The lowest BCUT2D eigenvalue weighted by molar-refractivity contribution is -0.131. The van der Waals surface area contributed by atoms with Crippen LogP contribution in [0.3, 0.4) is 0 Å². The van der Waals surface area contributed by atoms with E-state index in [1.54, 1.807) is 4.90 Å². The largest absolute Gasteiger partial charge is 0.335 e. The molecular formula is C9H15NO2. The van der Waals surface area contributed by atoms with Gasteiger partial charge in [0.15, 0.2) is 0 Å². The van der Waals surface area contributed by atoms with Gasteiger partial charge in [0.2, 0.25) is 5.91 Å². The molecule has 0 spiro atoms. The number of rotatable bonds is 2. The van der Waals surface area contributed by atoms with E-state index >= 15 is 0 Å². The van der Waals surface area contributed by atoms with Crippen LogP contribution in [-0.2, 0) is 9.59 Å². The predicted molar refractivity (Wildman–Crippen MR) is 45.7 cm³/mol. The molecule has 0 saturated carbocycles. The molecule has 1 saturated heterocycles. The number of likely N-dealkylation sites (tertiary alicyclic amines) is 1. The highest BCUT2D eigenvalue weighted by Gasteiger charge is 2.35. The van der Waals surface area contributed by atoms with Gasteiger partial charge in [-0.3, -0.25) is 9.59 Å². The van der Waals surface area contributed by atoms with Gasteiger partial charge in [-0.2, -0.15) is 0 Å². The van der Waals surface area contributed by atoms with Gasteiger partial charge in [0.1, 0.15) is 5.78 Å². The van der Waals surface area contributed by atoms with Crippen molar-refractivity contribution in [2.24, 2.45) is 5.41 Å². The molecule has 1 heterocycles. The Bertz CT molecular complexity index is 221. The Morgan fingerprint density at radius 3 is 2.50 bits per heavy atom. The molecule has 12 heavy (non-hydrogen) atoms. The molecule has 0 bridgehead atoms. The smallest absolute Gasteiger partial charge is 0.223 e. The highest BCUT2D eigenvalue weighted by atomic mass is 16.2. The Hall–Kier alpha value is -0.860. The Morgan fingerprint density at radius 2 is 2.17 bits per heavy atom. The fraction of sp³-hybridized carbons (Fsp3) is 0.778. The molecule has 3 nitrogen and oxygen atoms in total. The van der Waals surface area contributed by atoms with E-state index in [4.69, 9.17) is 0 Å². The Balaban J connectivity index is 2.58. The van der Waals surface area contributed by atoms with Gasteiger partial charge in [-0.05, 0) is 12.3 Å². The number of Topliss-reactive ketones (excluding diaryl/α,β-unsaturated/α-hetero) is 1. The minimum atomic E-state index is 0.0481. The van der Waals surface area contributed by atoms with E-state index in [1.807, 2.05) is 13.8 Å². The van der Waals surface area contributed by atoms with Crippen molar-refractivity contribution in [2.45, 2.75) is 27.2 Å². The summed E-state index contributed by atoms with van der Waals surface area (Å²) in [6.07, 6.45) is 0.570. The first kappa shape index (κ1) is 9.23. The van der Waals surface area contributed by atoms with Gasteiger partial charge in [-0.1, -0.05) is 13.8 Å². The lowest BCUT2D eigenvalue weighted by Crippen LogP contribution is -2.31. The summed E-state index contributed by atoms with van der Waals surface area (Å²) in [5, 5.41) is 0. The minimum absolute atomic E-state index is 0.0481. The molecule has 0 unspecified atom stereocenters. The SMILES string of the molecule is CC(=O)CN1CC(C)(C)CC1=O. The zero-order valence-corrected chi connectivity index (χ0v) is 7.89. The van der Waals surface area contributed by atoms with E-state index in [9.17, 15) is 9.59 Å². The van der Waals surface area contributed by atoms with Crippen molar-refractivity contribution in [3.63, 3.8) is 0 Å². The molecule has 0 atom stereocenters. The highest BCUT2D eigenvalue weighted by Crippen LogP contribution is 2.29. The topological polar surface area (TPSA) is 37.4 Å². The Kier molecular flexibility index (Phi) is 2.22. The average Bonchev–Trinajstić information content (AvgIpc) is 2.03. The van der Waals surface area contributed by atoms with Crippen molar-refractivity contribution in [1.29, 1.82) is 0 Å². The van der Waals surface area contributed by atoms with Crippen LogP contribution in [0.2, 0.25) is 0 Å². The minimum Gasteiger partial charge on any atom is -0.335 e. The van der Waals surface area contributed by atoms with Crippen LogP contribution in [0.4, 0.5) is 0 Å². The normalized spacial score (nSPS) is 21.6. The van der Waals surface area contributed by atoms with Crippen LogP contribution in [0.1, 0.15) is 27.2 Å². The second-order valence-electron chi connectivity index (χ2n) is 4.29. The average molecular weight is 169 g/mol. The summed E-state index contributed by atoms with van der Waals surface area (Å²) in [6.45, 7) is 6.60. The Morgan fingerprint density at radius 1 is 1.58 bits per heavy atom. The summed E-state index contributed by atoms with van der Waals surface area (Å²) >= 11 is 0. The Labute approximate surface area is 72.7 Å². The van der Waals surface area contributed by atoms with Crippen LogP contribution in [0.25, 0.3) is 0 Å². The highest BCUT2D eigenvalue weighted by molar-refractivity contribution is 5.86. The summed E-state index contributed by atoms with van der Waals surface area (Å²) in [4.78, 5) is 23.7. The van der Waals surface area contributed by atoms with Crippen LogP contribution in [-0.4, -0.2) is 29.7 Å². The molecule has 1 aliphatic rings. The fourth-order valence-electron chi connectivity index (χ4n) is 1.59. The first-order valence-corrected chi connectivity index (χ1v) is 4.18. The van der Waals surface area contributed by atoms with Gasteiger partial charge in [0, 0.05) is 13.0 Å². The van der Waals surface area contributed by atoms with Crippen molar-refractivity contribution in [3.8, 4) is 0 Å². The lowest BCUT2D eigenvalue weighted by atomic mass is 9.93. The molecule has 0 N–H and O–H groups in total. The third-order valence-electron chi connectivity index (χ3n) is 2.01. The monoisotopic (exact) mass is 169 g/mol. The van der Waals surface area contributed by atoms with Crippen molar-refractivity contribution in [1.82, 2.24) is 4.90 Å². The molecule has 1 aliphatic heterocycles. The third-order valence-corrected chi connectivity index (χ3v) is 2.01. The maximum Gasteiger partial charge on any atom is 0.223 e. The molecule has 0 aromatic heterocycles.